The lowest BCUT2D eigenvalue weighted by Gasteiger charge is -2.64. The summed E-state index contributed by atoms with van der Waals surface area (Å²) in [5.41, 5.74) is -0.306. The van der Waals surface area contributed by atoms with Crippen molar-refractivity contribution in [2.45, 2.75) is 101 Å². The summed E-state index contributed by atoms with van der Waals surface area (Å²) in [6.45, 7) is 9.40. The summed E-state index contributed by atoms with van der Waals surface area (Å²) in [6.07, 6.45) is 7.16. The normalized spacial score (nSPS) is 67.8. The zero-order chi connectivity index (χ0) is 17.8. The van der Waals surface area contributed by atoms with Crippen LogP contribution in [0.3, 0.4) is 0 Å². The van der Waals surface area contributed by atoms with Gasteiger partial charge in [0.15, 0.2) is 5.79 Å². The van der Waals surface area contributed by atoms with Crippen LogP contribution in [0, 0.1) is 23.2 Å². The summed E-state index contributed by atoms with van der Waals surface area (Å²) in [5.74, 6) is -0.360. The van der Waals surface area contributed by atoms with Gasteiger partial charge >= 0.3 is 0 Å². The Bertz CT molecular complexity index is 721. The van der Waals surface area contributed by atoms with Crippen molar-refractivity contribution in [3.8, 4) is 0 Å². The molecule has 0 amide bonds. The zero-order valence-corrected chi connectivity index (χ0v) is 16.3. The van der Waals surface area contributed by atoms with Crippen LogP contribution in [0.4, 0.5) is 0 Å². The molecular weight excluding hydrogens is 332 g/mol. The highest BCUT2D eigenvalue weighted by Gasteiger charge is 2.95. The molecule has 26 heavy (non-hydrogen) atoms. The third-order valence-corrected chi connectivity index (χ3v) is 9.49. The van der Waals surface area contributed by atoms with E-state index in [0.717, 1.165) is 19.4 Å². The van der Waals surface area contributed by atoms with Crippen molar-refractivity contribution in [1.82, 2.24) is 0 Å². The average molecular weight is 362 g/mol. The predicted molar refractivity (Wildman–Crippen MR) is 91.0 cm³/mol. The largest absolute Gasteiger partial charge is 0.375 e. The summed E-state index contributed by atoms with van der Waals surface area (Å²) in [4.78, 5) is 0. The molecular formula is C21H30O5. The van der Waals surface area contributed by atoms with Gasteiger partial charge in [-0.1, -0.05) is 6.92 Å². The maximum atomic E-state index is 7.03. The molecule has 7 rings (SSSR count). The van der Waals surface area contributed by atoms with Gasteiger partial charge in [0.2, 0.25) is 11.6 Å². The van der Waals surface area contributed by atoms with Crippen LogP contribution in [-0.2, 0) is 23.7 Å². The second-order valence-electron chi connectivity index (χ2n) is 10.5. The Morgan fingerprint density at radius 1 is 0.962 bits per heavy atom. The minimum absolute atomic E-state index is 0.171. The lowest BCUT2D eigenvalue weighted by Crippen LogP contribution is -2.76. The lowest BCUT2D eigenvalue weighted by atomic mass is 9.53. The van der Waals surface area contributed by atoms with Crippen molar-refractivity contribution in [1.29, 1.82) is 0 Å². The van der Waals surface area contributed by atoms with E-state index >= 15 is 0 Å². The molecule has 3 saturated carbocycles. The van der Waals surface area contributed by atoms with Crippen LogP contribution in [-0.4, -0.2) is 41.3 Å². The monoisotopic (exact) mass is 362 g/mol. The molecule has 4 heterocycles. The maximum absolute atomic E-state index is 7.03. The molecule has 0 aromatic rings. The van der Waals surface area contributed by atoms with Gasteiger partial charge in [0.25, 0.3) is 0 Å². The standard InChI is InChI=1S/C21H30O5/c1-5-22-15-11-19(15)18(8-9-18)14-7-6-12(2)13-10-20-16(3,25-20)23-17(4,24-19)21(13,14)26-20/h12-15H,5-11H2,1-4H3/t12-,13+,14?,15?,16-,17+,19?,20?,21-/m1/s1. The van der Waals surface area contributed by atoms with Crippen LogP contribution < -0.4 is 0 Å². The molecule has 7 aliphatic rings. The number of fused-ring (bicyclic) bond motifs is 2. The molecule has 4 saturated heterocycles. The van der Waals surface area contributed by atoms with E-state index in [-0.39, 0.29) is 22.7 Å². The van der Waals surface area contributed by atoms with Crippen LogP contribution in [0.15, 0.2) is 0 Å². The van der Waals surface area contributed by atoms with Gasteiger partial charge in [-0.15, -0.1) is 0 Å². The quantitative estimate of drug-likeness (QED) is 0.705. The zero-order valence-electron chi connectivity index (χ0n) is 16.3. The highest BCUT2D eigenvalue weighted by Crippen LogP contribution is 2.84. The summed E-state index contributed by atoms with van der Waals surface area (Å²) in [7, 11) is 0. The minimum Gasteiger partial charge on any atom is -0.375 e. The van der Waals surface area contributed by atoms with E-state index in [9.17, 15) is 0 Å². The van der Waals surface area contributed by atoms with E-state index in [0.29, 0.717) is 17.8 Å². The molecule has 0 aromatic heterocycles. The average Bonchev–Trinajstić information content (AvgIpc) is 3.48. The van der Waals surface area contributed by atoms with Crippen molar-refractivity contribution >= 4 is 0 Å². The van der Waals surface area contributed by atoms with Crippen molar-refractivity contribution < 1.29 is 23.7 Å². The van der Waals surface area contributed by atoms with Crippen molar-refractivity contribution in [3.05, 3.63) is 0 Å². The smallest absolute Gasteiger partial charge is 0.227 e. The van der Waals surface area contributed by atoms with Gasteiger partial charge in [0, 0.05) is 36.7 Å². The highest BCUT2D eigenvalue weighted by atomic mass is 17.0. The fourth-order valence-corrected chi connectivity index (χ4v) is 8.24. The number of epoxide rings is 1. The van der Waals surface area contributed by atoms with Crippen molar-refractivity contribution in [2.24, 2.45) is 23.2 Å². The highest BCUT2D eigenvalue weighted by molar-refractivity contribution is 5.36. The molecule has 4 aliphatic heterocycles. The van der Waals surface area contributed by atoms with E-state index < -0.39 is 17.4 Å². The topological polar surface area (TPSA) is 49.5 Å². The van der Waals surface area contributed by atoms with Crippen LogP contribution in [0.5, 0.6) is 0 Å². The Hall–Kier alpha value is -0.200. The fourth-order valence-electron chi connectivity index (χ4n) is 8.24. The van der Waals surface area contributed by atoms with E-state index in [1.165, 1.54) is 25.7 Å². The van der Waals surface area contributed by atoms with Gasteiger partial charge < -0.3 is 23.7 Å². The molecule has 7 fully saturated rings. The summed E-state index contributed by atoms with van der Waals surface area (Å²) < 4.78 is 32.9. The Balaban J connectivity index is 1.41. The molecule has 4 unspecified atom stereocenters. The van der Waals surface area contributed by atoms with Crippen LogP contribution in [0.1, 0.15) is 66.2 Å². The van der Waals surface area contributed by atoms with Crippen molar-refractivity contribution in [3.63, 3.8) is 0 Å². The van der Waals surface area contributed by atoms with Gasteiger partial charge in [0.1, 0.15) is 11.2 Å². The second-order valence-corrected chi connectivity index (χ2v) is 10.5. The first-order valence-corrected chi connectivity index (χ1v) is 10.7. The number of rotatable bonds is 2. The van der Waals surface area contributed by atoms with Gasteiger partial charge in [-0.25, -0.2) is 0 Å². The predicted octanol–water partition coefficient (Wildman–Crippen LogP) is 3.35. The van der Waals surface area contributed by atoms with E-state index in [1.807, 2.05) is 6.92 Å². The van der Waals surface area contributed by atoms with Crippen molar-refractivity contribution in [2.75, 3.05) is 6.61 Å². The third kappa shape index (κ3) is 1.29. The van der Waals surface area contributed by atoms with Crippen LogP contribution in [0.2, 0.25) is 0 Å². The summed E-state index contributed by atoms with van der Waals surface area (Å²) in [6, 6.07) is 0. The van der Waals surface area contributed by atoms with E-state index in [1.54, 1.807) is 0 Å². The molecule has 0 radical (unpaired) electrons. The molecule has 144 valence electrons. The van der Waals surface area contributed by atoms with Gasteiger partial charge in [0.05, 0.1) is 6.10 Å². The molecule has 5 heteroatoms. The molecule has 3 aliphatic carbocycles. The van der Waals surface area contributed by atoms with Gasteiger partial charge in [-0.05, 0) is 52.4 Å². The van der Waals surface area contributed by atoms with Crippen LogP contribution >= 0.6 is 0 Å². The molecule has 5 nitrogen and oxygen atoms in total. The molecule has 9 atom stereocenters. The third-order valence-electron chi connectivity index (χ3n) is 9.49. The number of ether oxygens (including phenoxy) is 5. The first-order chi connectivity index (χ1) is 12.3. The first kappa shape index (κ1) is 15.7. The molecule has 0 aromatic carbocycles. The summed E-state index contributed by atoms with van der Waals surface area (Å²) in [5, 5.41) is 0. The molecule has 0 N–H and O–H groups in total. The molecule has 2 bridgehead atoms. The Morgan fingerprint density at radius 2 is 1.77 bits per heavy atom. The second kappa shape index (κ2) is 3.93. The van der Waals surface area contributed by atoms with Gasteiger partial charge in [-0.3, -0.25) is 0 Å². The van der Waals surface area contributed by atoms with E-state index in [4.69, 9.17) is 23.7 Å². The first-order valence-electron chi connectivity index (χ1n) is 10.7. The van der Waals surface area contributed by atoms with Crippen LogP contribution in [0.25, 0.3) is 0 Å². The minimum atomic E-state index is -0.748. The van der Waals surface area contributed by atoms with E-state index in [2.05, 4.69) is 20.8 Å². The molecule has 4 spiro atoms. The Morgan fingerprint density at radius 3 is 2.50 bits per heavy atom. The summed E-state index contributed by atoms with van der Waals surface area (Å²) >= 11 is 0. The Labute approximate surface area is 155 Å². The SMILES string of the molecule is CCOC1CC12O[C@]1(C)O[C@]3(C)OC34C[C@H]3[C@H](C)CCC(C25CC5)[C@]31O4. The maximum Gasteiger partial charge on any atom is 0.227 e. The van der Waals surface area contributed by atoms with Gasteiger partial charge in [-0.2, -0.15) is 0 Å². The number of hydrogen-bond acceptors (Lipinski definition) is 5. The Kier molecular flexibility index (Phi) is 2.37. The fraction of sp³-hybridized carbons (Fsp3) is 1.00. The lowest BCUT2D eigenvalue weighted by molar-refractivity contribution is -0.451. The number of hydrogen-bond donors (Lipinski definition) is 0.